The molecule has 0 saturated carbocycles. The third-order valence-electron chi connectivity index (χ3n) is 5.34. The number of likely N-dealkylation sites (N-methyl/N-ethyl adjacent to an activating group) is 1. The van der Waals surface area contributed by atoms with Crippen LogP contribution in [0.5, 0.6) is 5.75 Å². The van der Waals surface area contributed by atoms with Crippen LogP contribution in [-0.4, -0.2) is 51.9 Å². The zero-order chi connectivity index (χ0) is 16.0. The predicted molar refractivity (Wildman–Crippen MR) is 88.0 cm³/mol. The van der Waals surface area contributed by atoms with E-state index in [-0.39, 0.29) is 12.5 Å². The van der Waals surface area contributed by atoms with Gasteiger partial charge in [-0.2, -0.15) is 0 Å². The van der Waals surface area contributed by atoms with Gasteiger partial charge in [0, 0.05) is 44.5 Å². The molecule has 0 bridgehead atoms. The van der Waals surface area contributed by atoms with Crippen molar-refractivity contribution < 1.29 is 14.3 Å². The lowest BCUT2D eigenvalue weighted by atomic mass is 9.73. The first-order valence-electron chi connectivity index (χ1n) is 8.21. The molecule has 6 heteroatoms. The van der Waals surface area contributed by atoms with E-state index in [0.29, 0.717) is 5.41 Å². The van der Waals surface area contributed by atoms with Crippen LogP contribution in [0.2, 0.25) is 0 Å². The van der Waals surface area contributed by atoms with E-state index in [9.17, 15) is 4.79 Å². The van der Waals surface area contributed by atoms with Crippen LogP contribution in [-0.2, 0) is 9.53 Å². The molecule has 2 fully saturated rings. The average Bonchev–Trinajstić information content (AvgIpc) is 2.66. The van der Waals surface area contributed by atoms with Gasteiger partial charge >= 0.3 is 0 Å². The number of anilines is 2. The first-order valence-corrected chi connectivity index (χ1v) is 8.21. The second-order valence-electron chi connectivity index (χ2n) is 6.94. The molecule has 4 rings (SSSR count). The van der Waals surface area contributed by atoms with Gasteiger partial charge in [0.15, 0.2) is 0 Å². The van der Waals surface area contributed by atoms with E-state index in [4.69, 9.17) is 15.2 Å². The molecule has 1 amide bonds. The van der Waals surface area contributed by atoms with Crippen LogP contribution in [0.25, 0.3) is 0 Å². The molecule has 1 spiro atoms. The molecule has 2 N–H and O–H groups in total. The van der Waals surface area contributed by atoms with Crippen LogP contribution in [0.1, 0.15) is 12.8 Å². The lowest BCUT2D eigenvalue weighted by Gasteiger charge is -2.53. The molecule has 3 heterocycles. The number of hydrogen-bond donors (Lipinski definition) is 1. The monoisotopic (exact) mass is 317 g/mol. The highest BCUT2D eigenvalue weighted by molar-refractivity contribution is 5.99. The standard InChI is InChI=1S/C17H23N3O3/c1-19-14-8-12(2-3-15(14)23-9-13(18)16(19)21)20-10-17(11-20)4-6-22-7-5-17/h2-3,8,13H,4-7,9-11,18H2,1H3. The zero-order valence-electron chi connectivity index (χ0n) is 13.5. The number of amides is 1. The summed E-state index contributed by atoms with van der Waals surface area (Å²) in [5.41, 5.74) is 8.20. The second-order valence-corrected chi connectivity index (χ2v) is 6.94. The van der Waals surface area contributed by atoms with Gasteiger partial charge in [-0.3, -0.25) is 4.79 Å². The van der Waals surface area contributed by atoms with Gasteiger partial charge in [0.25, 0.3) is 0 Å². The lowest BCUT2D eigenvalue weighted by Crippen LogP contribution is -2.58. The lowest BCUT2D eigenvalue weighted by molar-refractivity contribution is -0.119. The van der Waals surface area contributed by atoms with Crippen molar-refractivity contribution in [3.63, 3.8) is 0 Å². The number of carbonyl (C=O) groups is 1. The maximum atomic E-state index is 12.2. The van der Waals surface area contributed by atoms with Crippen LogP contribution in [0.4, 0.5) is 11.4 Å². The first kappa shape index (κ1) is 14.8. The molecular weight excluding hydrogens is 294 g/mol. The minimum atomic E-state index is -0.606. The summed E-state index contributed by atoms with van der Waals surface area (Å²) >= 11 is 0. The summed E-state index contributed by atoms with van der Waals surface area (Å²) in [6, 6.07) is 5.45. The average molecular weight is 317 g/mol. The molecule has 0 radical (unpaired) electrons. The summed E-state index contributed by atoms with van der Waals surface area (Å²) in [4.78, 5) is 16.2. The summed E-state index contributed by atoms with van der Waals surface area (Å²) in [7, 11) is 1.76. The van der Waals surface area contributed by atoms with Crippen molar-refractivity contribution in [2.45, 2.75) is 18.9 Å². The van der Waals surface area contributed by atoms with E-state index in [1.165, 1.54) is 0 Å². The normalized spacial score (nSPS) is 26.3. The Labute approximate surface area is 136 Å². The Kier molecular flexibility index (Phi) is 3.46. The fraction of sp³-hybridized carbons (Fsp3) is 0.588. The minimum Gasteiger partial charge on any atom is -0.489 e. The SMILES string of the molecule is CN1C(=O)C(N)COc2ccc(N3CC4(CCOCC4)C3)cc21. The van der Waals surface area contributed by atoms with Gasteiger partial charge in [0.1, 0.15) is 18.4 Å². The highest BCUT2D eigenvalue weighted by Gasteiger charge is 2.44. The number of fused-ring (bicyclic) bond motifs is 1. The molecule has 1 unspecified atom stereocenters. The fourth-order valence-electron chi connectivity index (χ4n) is 3.77. The van der Waals surface area contributed by atoms with E-state index in [2.05, 4.69) is 11.0 Å². The molecule has 23 heavy (non-hydrogen) atoms. The van der Waals surface area contributed by atoms with Gasteiger partial charge < -0.3 is 25.0 Å². The van der Waals surface area contributed by atoms with Crippen molar-refractivity contribution in [1.29, 1.82) is 0 Å². The van der Waals surface area contributed by atoms with Crippen LogP contribution < -0.4 is 20.3 Å². The number of ether oxygens (including phenoxy) is 2. The summed E-state index contributed by atoms with van der Waals surface area (Å²) in [6.45, 7) is 4.10. The predicted octanol–water partition coefficient (Wildman–Crippen LogP) is 0.986. The van der Waals surface area contributed by atoms with E-state index in [0.717, 1.165) is 56.3 Å². The third-order valence-corrected chi connectivity index (χ3v) is 5.34. The van der Waals surface area contributed by atoms with Gasteiger partial charge in [0.05, 0.1) is 5.69 Å². The molecule has 3 aliphatic rings. The van der Waals surface area contributed by atoms with Crippen molar-refractivity contribution in [3.05, 3.63) is 18.2 Å². The molecule has 124 valence electrons. The molecule has 0 aliphatic carbocycles. The Hall–Kier alpha value is -1.79. The quantitative estimate of drug-likeness (QED) is 0.836. The molecule has 3 aliphatic heterocycles. The number of nitrogens with zero attached hydrogens (tertiary/aromatic N) is 2. The van der Waals surface area contributed by atoms with Gasteiger partial charge in [-0.05, 0) is 31.0 Å². The second kappa shape index (κ2) is 5.39. The largest absolute Gasteiger partial charge is 0.489 e. The minimum absolute atomic E-state index is 0.106. The van der Waals surface area contributed by atoms with Crippen molar-refractivity contribution in [2.75, 3.05) is 49.8 Å². The zero-order valence-corrected chi connectivity index (χ0v) is 13.5. The highest BCUT2D eigenvalue weighted by Crippen LogP contribution is 2.44. The maximum Gasteiger partial charge on any atom is 0.247 e. The Morgan fingerprint density at radius 2 is 2.00 bits per heavy atom. The van der Waals surface area contributed by atoms with E-state index in [1.807, 2.05) is 12.1 Å². The summed E-state index contributed by atoms with van der Waals surface area (Å²) in [5.74, 6) is 0.615. The topological polar surface area (TPSA) is 68.0 Å². The smallest absolute Gasteiger partial charge is 0.247 e. The Morgan fingerprint density at radius 3 is 2.74 bits per heavy atom. The van der Waals surface area contributed by atoms with Crippen molar-refractivity contribution in [2.24, 2.45) is 11.1 Å². The van der Waals surface area contributed by atoms with E-state index < -0.39 is 6.04 Å². The van der Waals surface area contributed by atoms with Gasteiger partial charge in [-0.15, -0.1) is 0 Å². The van der Waals surface area contributed by atoms with Crippen molar-refractivity contribution >= 4 is 17.3 Å². The van der Waals surface area contributed by atoms with E-state index in [1.54, 1.807) is 11.9 Å². The number of carbonyl (C=O) groups excluding carboxylic acids is 1. The Bertz CT molecular complexity index is 620. The molecular formula is C17H23N3O3. The van der Waals surface area contributed by atoms with Gasteiger partial charge in [-0.1, -0.05) is 0 Å². The number of nitrogens with two attached hydrogens (primary N) is 1. The van der Waals surface area contributed by atoms with Gasteiger partial charge in [-0.25, -0.2) is 0 Å². The van der Waals surface area contributed by atoms with Crippen molar-refractivity contribution in [1.82, 2.24) is 0 Å². The van der Waals surface area contributed by atoms with Gasteiger partial charge in [0.2, 0.25) is 5.91 Å². The third kappa shape index (κ3) is 2.46. The summed E-state index contributed by atoms with van der Waals surface area (Å²) < 4.78 is 11.1. The fourth-order valence-corrected chi connectivity index (χ4v) is 3.77. The van der Waals surface area contributed by atoms with Crippen LogP contribution in [0.3, 0.4) is 0 Å². The number of rotatable bonds is 1. The molecule has 1 atom stereocenters. The highest BCUT2D eigenvalue weighted by atomic mass is 16.5. The Balaban J connectivity index is 1.55. The summed E-state index contributed by atoms with van der Waals surface area (Å²) in [6.07, 6.45) is 2.29. The number of benzene rings is 1. The first-order chi connectivity index (χ1) is 11.1. The molecule has 1 aromatic carbocycles. The molecule has 2 saturated heterocycles. The van der Waals surface area contributed by atoms with Crippen LogP contribution in [0.15, 0.2) is 18.2 Å². The number of hydrogen-bond acceptors (Lipinski definition) is 5. The van der Waals surface area contributed by atoms with Crippen LogP contribution in [0, 0.1) is 5.41 Å². The van der Waals surface area contributed by atoms with Crippen molar-refractivity contribution in [3.8, 4) is 5.75 Å². The van der Waals surface area contributed by atoms with Crippen LogP contribution >= 0.6 is 0 Å². The summed E-state index contributed by atoms with van der Waals surface area (Å²) in [5, 5.41) is 0. The Morgan fingerprint density at radius 1 is 1.26 bits per heavy atom. The molecule has 6 nitrogen and oxygen atoms in total. The van der Waals surface area contributed by atoms with E-state index >= 15 is 0 Å². The molecule has 1 aromatic rings. The molecule has 0 aromatic heterocycles. The maximum absolute atomic E-state index is 12.2.